The van der Waals surface area contributed by atoms with Gasteiger partial charge in [-0.05, 0) is 44.6 Å². The van der Waals surface area contributed by atoms with Crippen molar-refractivity contribution in [2.24, 2.45) is 5.92 Å². The molecule has 0 atom stereocenters. The molecule has 2 saturated heterocycles. The Morgan fingerprint density at radius 3 is 2.44 bits per heavy atom. The molecule has 0 radical (unpaired) electrons. The van der Waals surface area contributed by atoms with Gasteiger partial charge >= 0.3 is 0 Å². The van der Waals surface area contributed by atoms with Gasteiger partial charge in [0.1, 0.15) is 5.82 Å². The molecule has 5 nitrogen and oxygen atoms in total. The fourth-order valence-electron chi connectivity index (χ4n) is 4.59. The standard InChI is InChI=1S/C20H29N3O2/c24-20(17-3-1-2-4-17)23-11-6-16(7-12-23)19-21-10-5-18(22-19)15-8-13-25-14-9-15/h5,10,15-17H,1-4,6-9,11-14H2. The minimum absolute atomic E-state index is 0.296. The number of carbonyl (C=O) groups is 1. The van der Waals surface area contributed by atoms with E-state index in [1.165, 1.54) is 18.5 Å². The van der Waals surface area contributed by atoms with E-state index >= 15 is 0 Å². The molecule has 0 N–H and O–H groups in total. The zero-order valence-corrected chi connectivity index (χ0v) is 15.0. The van der Waals surface area contributed by atoms with Crippen molar-refractivity contribution in [3.8, 4) is 0 Å². The summed E-state index contributed by atoms with van der Waals surface area (Å²) in [7, 11) is 0. The van der Waals surface area contributed by atoms with Crippen LogP contribution in [0.5, 0.6) is 0 Å². The normalized spacial score (nSPS) is 23.9. The number of aromatic nitrogens is 2. The van der Waals surface area contributed by atoms with Gasteiger partial charge in [-0.15, -0.1) is 0 Å². The summed E-state index contributed by atoms with van der Waals surface area (Å²) < 4.78 is 5.46. The average Bonchev–Trinajstić information content (AvgIpc) is 3.23. The summed E-state index contributed by atoms with van der Waals surface area (Å²) in [4.78, 5) is 24.1. The first-order valence-corrected chi connectivity index (χ1v) is 10.0. The third kappa shape index (κ3) is 3.86. The summed E-state index contributed by atoms with van der Waals surface area (Å²) in [6, 6.07) is 2.07. The van der Waals surface area contributed by atoms with Crippen LogP contribution < -0.4 is 0 Å². The largest absolute Gasteiger partial charge is 0.381 e. The van der Waals surface area contributed by atoms with Gasteiger partial charge in [-0.25, -0.2) is 9.97 Å². The van der Waals surface area contributed by atoms with E-state index in [0.717, 1.165) is 70.7 Å². The van der Waals surface area contributed by atoms with Gasteiger partial charge in [0.25, 0.3) is 0 Å². The van der Waals surface area contributed by atoms with E-state index in [1.54, 1.807) is 0 Å². The smallest absolute Gasteiger partial charge is 0.225 e. The molecule has 1 aromatic heterocycles. The van der Waals surface area contributed by atoms with Crippen LogP contribution in [0.4, 0.5) is 0 Å². The molecule has 1 saturated carbocycles. The number of nitrogens with zero attached hydrogens (tertiary/aromatic N) is 3. The lowest BCUT2D eigenvalue weighted by molar-refractivity contribution is -0.136. The molecule has 2 aliphatic heterocycles. The van der Waals surface area contributed by atoms with E-state index in [4.69, 9.17) is 9.72 Å². The van der Waals surface area contributed by atoms with Gasteiger partial charge in [-0.3, -0.25) is 4.79 Å². The van der Waals surface area contributed by atoms with Crippen LogP contribution in [0.25, 0.3) is 0 Å². The van der Waals surface area contributed by atoms with Crippen molar-refractivity contribution in [2.45, 2.75) is 63.2 Å². The Kier molecular flexibility index (Phi) is 5.30. The van der Waals surface area contributed by atoms with E-state index < -0.39 is 0 Å². The summed E-state index contributed by atoms with van der Waals surface area (Å²) in [6.07, 6.45) is 10.7. The lowest BCUT2D eigenvalue weighted by Gasteiger charge is -2.33. The molecule has 0 unspecified atom stereocenters. The van der Waals surface area contributed by atoms with Gasteiger partial charge in [0.2, 0.25) is 5.91 Å². The number of piperidine rings is 1. The zero-order chi connectivity index (χ0) is 17.1. The quantitative estimate of drug-likeness (QED) is 0.845. The van der Waals surface area contributed by atoms with Crippen LogP contribution >= 0.6 is 0 Å². The van der Waals surface area contributed by atoms with Crippen LogP contribution in [0.2, 0.25) is 0 Å². The molecule has 1 aliphatic carbocycles. The maximum Gasteiger partial charge on any atom is 0.225 e. The minimum atomic E-state index is 0.296. The molecule has 4 rings (SSSR count). The lowest BCUT2D eigenvalue weighted by atomic mass is 9.93. The first-order chi connectivity index (χ1) is 12.3. The predicted octanol–water partition coefficient (Wildman–Crippen LogP) is 3.27. The van der Waals surface area contributed by atoms with Crippen molar-refractivity contribution < 1.29 is 9.53 Å². The average molecular weight is 343 g/mol. The van der Waals surface area contributed by atoms with E-state index in [9.17, 15) is 4.79 Å². The molecule has 3 fully saturated rings. The van der Waals surface area contributed by atoms with Gasteiger partial charge < -0.3 is 9.64 Å². The summed E-state index contributed by atoms with van der Waals surface area (Å²) in [6.45, 7) is 3.41. The molecular formula is C20H29N3O2. The highest BCUT2D eigenvalue weighted by atomic mass is 16.5. The second-order valence-electron chi connectivity index (χ2n) is 7.81. The fraction of sp³-hybridized carbons (Fsp3) is 0.750. The number of carbonyl (C=O) groups excluding carboxylic acids is 1. The van der Waals surface area contributed by atoms with Crippen molar-refractivity contribution in [3.63, 3.8) is 0 Å². The highest BCUT2D eigenvalue weighted by molar-refractivity contribution is 5.79. The number of likely N-dealkylation sites (tertiary alicyclic amines) is 1. The first-order valence-electron chi connectivity index (χ1n) is 10.0. The summed E-state index contributed by atoms with van der Waals surface area (Å²) in [5.74, 6) is 2.58. The molecule has 136 valence electrons. The van der Waals surface area contributed by atoms with Crippen molar-refractivity contribution in [3.05, 3.63) is 23.8 Å². The van der Waals surface area contributed by atoms with Crippen LogP contribution in [0.1, 0.15) is 74.7 Å². The highest BCUT2D eigenvalue weighted by Gasteiger charge is 2.31. The van der Waals surface area contributed by atoms with E-state index in [1.807, 2.05) is 6.20 Å². The molecule has 1 aromatic rings. The lowest BCUT2D eigenvalue weighted by Crippen LogP contribution is -2.41. The second-order valence-corrected chi connectivity index (χ2v) is 7.81. The van der Waals surface area contributed by atoms with Crippen LogP contribution in [0.3, 0.4) is 0 Å². The van der Waals surface area contributed by atoms with Gasteiger partial charge in [-0.2, -0.15) is 0 Å². The van der Waals surface area contributed by atoms with Crippen LogP contribution in [0, 0.1) is 5.92 Å². The van der Waals surface area contributed by atoms with Gasteiger partial charge in [0, 0.05) is 55.9 Å². The molecule has 3 heterocycles. The maximum atomic E-state index is 12.6. The number of hydrogen-bond acceptors (Lipinski definition) is 4. The number of amides is 1. The first kappa shape index (κ1) is 17.0. The minimum Gasteiger partial charge on any atom is -0.381 e. The fourth-order valence-corrected chi connectivity index (χ4v) is 4.59. The topological polar surface area (TPSA) is 55.3 Å². The Labute approximate surface area is 150 Å². The Bertz CT molecular complexity index is 586. The van der Waals surface area contributed by atoms with Crippen molar-refractivity contribution in [2.75, 3.05) is 26.3 Å². The maximum absolute atomic E-state index is 12.6. The predicted molar refractivity (Wildman–Crippen MR) is 95.3 cm³/mol. The summed E-state index contributed by atoms with van der Waals surface area (Å²) in [5.41, 5.74) is 1.18. The van der Waals surface area contributed by atoms with Crippen molar-refractivity contribution >= 4 is 5.91 Å². The molecule has 0 bridgehead atoms. The van der Waals surface area contributed by atoms with E-state index in [-0.39, 0.29) is 0 Å². The van der Waals surface area contributed by atoms with Gasteiger partial charge in [0.15, 0.2) is 0 Å². The third-order valence-corrected chi connectivity index (χ3v) is 6.21. The van der Waals surface area contributed by atoms with Crippen molar-refractivity contribution in [1.82, 2.24) is 14.9 Å². The monoisotopic (exact) mass is 343 g/mol. The Balaban J connectivity index is 1.36. The van der Waals surface area contributed by atoms with E-state index in [2.05, 4.69) is 16.0 Å². The number of hydrogen-bond donors (Lipinski definition) is 0. The van der Waals surface area contributed by atoms with Crippen LogP contribution in [-0.2, 0) is 9.53 Å². The van der Waals surface area contributed by atoms with Crippen LogP contribution in [-0.4, -0.2) is 47.1 Å². The molecule has 1 amide bonds. The molecule has 3 aliphatic rings. The Morgan fingerprint density at radius 2 is 1.72 bits per heavy atom. The Hall–Kier alpha value is -1.49. The zero-order valence-electron chi connectivity index (χ0n) is 15.0. The van der Waals surface area contributed by atoms with Gasteiger partial charge in [-0.1, -0.05) is 12.8 Å². The van der Waals surface area contributed by atoms with Gasteiger partial charge in [0.05, 0.1) is 0 Å². The van der Waals surface area contributed by atoms with Crippen molar-refractivity contribution in [1.29, 1.82) is 0 Å². The molecule has 0 aromatic carbocycles. The highest BCUT2D eigenvalue weighted by Crippen LogP contribution is 2.32. The molecule has 0 spiro atoms. The number of rotatable bonds is 3. The Morgan fingerprint density at radius 1 is 1.00 bits per heavy atom. The number of ether oxygens (including phenoxy) is 1. The molecular weight excluding hydrogens is 314 g/mol. The second kappa shape index (κ2) is 7.81. The molecule has 5 heteroatoms. The molecule has 25 heavy (non-hydrogen) atoms. The van der Waals surface area contributed by atoms with E-state index in [0.29, 0.717) is 23.7 Å². The van der Waals surface area contributed by atoms with Crippen LogP contribution in [0.15, 0.2) is 12.3 Å². The third-order valence-electron chi connectivity index (χ3n) is 6.21. The summed E-state index contributed by atoms with van der Waals surface area (Å²) in [5, 5.41) is 0. The SMILES string of the molecule is O=C(C1CCCC1)N1CCC(c2nccc(C3CCOCC3)n2)CC1. The summed E-state index contributed by atoms with van der Waals surface area (Å²) >= 11 is 0.